The molecule has 7 heteroatoms. The van der Waals surface area contributed by atoms with Crippen LogP contribution in [0.4, 0.5) is 13.6 Å². The molecule has 2 N–H and O–H groups in total. The van der Waals surface area contributed by atoms with E-state index in [1.165, 1.54) is 12.1 Å². The van der Waals surface area contributed by atoms with Gasteiger partial charge < -0.3 is 15.4 Å². The van der Waals surface area contributed by atoms with Crippen LogP contribution in [0.2, 0.25) is 0 Å². The summed E-state index contributed by atoms with van der Waals surface area (Å²) < 4.78 is 28.4. The van der Waals surface area contributed by atoms with Gasteiger partial charge in [-0.2, -0.15) is 8.78 Å². The number of nitrogens with one attached hydrogen (secondary N) is 2. The van der Waals surface area contributed by atoms with Gasteiger partial charge in [-0.1, -0.05) is 18.2 Å². The second-order valence-corrected chi connectivity index (χ2v) is 4.82. The van der Waals surface area contributed by atoms with Crippen molar-refractivity contribution in [2.75, 3.05) is 0 Å². The zero-order valence-electron chi connectivity index (χ0n) is 12.5. The summed E-state index contributed by atoms with van der Waals surface area (Å²) >= 11 is 0. The van der Waals surface area contributed by atoms with Gasteiger partial charge in [-0.25, -0.2) is 4.79 Å². The van der Waals surface area contributed by atoms with Crippen molar-refractivity contribution in [3.05, 3.63) is 59.9 Å². The van der Waals surface area contributed by atoms with Gasteiger partial charge in [0, 0.05) is 6.20 Å². The van der Waals surface area contributed by atoms with Crippen molar-refractivity contribution in [1.82, 2.24) is 15.6 Å². The maximum atomic E-state index is 12.1. The molecule has 5 nitrogen and oxygen atoms in total. The minimum Gasteiger partial charge on any atom is -0.435 e. The molecule has 0 aliphatic carbocycles. The SMILES string of the molecule is CC(NC(=O)NCc1ccccn1)c1ccc(OC(F)F)cc1. The second kappa shape index (κ2) is 8.07. The Kier molecular flexibility index (Phi) is 5.85. The van der Waals surface area contributed by atoms with Gasteiger partial charge in [-0.05, 0) is 36.8 Å². The van der Waals surface area contributed by atoms with E-state index in [2.05, 4.69) is 20.4 Å². The molecule has 0 bridgehead atoms. The molecule has 0 fully saturated rings. The Morgan fingerprint density at radius 2 is 1.96 bits per heavy atom. The van der Waals surface area contributed by atoms with Crippen molar-refractivity contribution in [3.8, 4) is 5.75 Å². The lowest BCUT2D eigenvalue weighted by molar-refractivity contribution is -0.0498. The molecule has 1 heterocycles. The minimum absolute atomic E-state index is 0.0792. The Morgan fingerprint density at radius 3 is 2.57 bits per heavy atom. The molecule has 122 valence electrons. The van der Waals surface area contributed by atoms with Crippen molar-refractivity contribution in [2.45, 2.75) is 26.1 Å². The topological polar surface area (TPSA) is 63.2 Å². The van der Waals surface area contributed by atoms with Gasteiger partial charge in [-0.3, -0.25) is 4.98 Å². The predicted molar refractivity (Wildman–Crippen MR) is 81.1 cm³/mol. The van der Waals surface area contributed by atoms with E-state index in [0.717, 1.165) is 11.3 Å². The molecule has 2 amide bonds. The highest BCUT2D eigenvalue weighted by Gasteiger charge is 2.10. The third-order valence-corrected chi connectivity index (χ3v) is 3.11. The van der Waals surface area contributed by atoms with E-state index >= 15 is 0 Å². The van der Waals surface area contributed by atoms with Crippen LogP contribution in [-0.4, -0.2) is 17.6 Å². The monoisotopic (exact) mass is 321 g/mol. The fraction of sp³-hybridized carbons (Fsp3) is 0.250. The van der Waals surface area contributed by atoms with E-state index in [9.17, 15) is 13.6 Å². The number of carbonyl (C=O) groups is 1. The maximum absolute atomic E-state index is 12.1. The summed E-state index contributed by atoms with van der Waals surface area (Å²) in [5.41, 5.74) is 1.53. The van der Waals surface area contributed by atoms with E-state index in [1.54, 1.807) is 31.3 Å². The minimum atomic E-state index is -2.85. The Hall–Kier alpha value is -2.70. The van der Waals surface area contributed by atoms with Crippen molar-refractivity contribution >= 4 is 6.03 Å². The number of ether oxygens (including phenoxy) is 1. The van der Waals surface area contributed by atoms with Crippen LogP contribution in [0.1, 0.15) is 24.2 Å². The van der Waals surface area contributed by atoms with Crippen LogP contribution in [0.15, 0.2) is 48.7 Å². The first kappa shape index (κ1) is 16.7. The molecular formula is C16H17F2N3O2. The molecule has 0 aliphatic heterocycles. The first-order valence-electron chi connectivity index (χ1n) is 7.03. The molecule has 0 saturated carbocycles. The highest BCUT2D eigenvalue weighted by molar-refractivity contribution is 5.74. The van der Waals surface area contributed by atoms with Crippen LogP contribution < -0.4 is 15.4 Å². The number of pyridine rings is 1. The summed E-state index contributed by atoms with van der Waals surface area (Å²) in [6.45, 7) is -0.738. The van der Waals surface area contributed by atoms with Crippen LogP contribution in [0.25, 0.3) is 0 Å². The fourth-order valence-electron chi connectivity index (χ4n) is 1.94. The Balaban J connectivity index is 1.83. The van der Waals surface area contributed by atoms with Crippen molar-refractivity contribution in [3.63, 3.8) is 0 Å². The van der Waals surface area contributed by atoms with Gasteiger partial charge in [0.15, 0.2) is 0 Å². The second-order valence-electron chi connectivity index (χ2n) is 4.82. The smallest absolute Gasteiger partial charge is 0.387 e. The van der Waals surface area contributed by atoms with E-state index < -0.39 is 6.61 Å². The third-order valence-electron chi connectivity index (χ3n) is 3.11. The molecule has 23 heavy (non-hydrogen) atoms. The number of urea groups is 1. The summed E-state index contributed by atoms with van der Waals surface area (Å²) in [4.78, 5) is 15.9. The number of nitrogens with zero attached hydrogens (tertiary/aromatic N) is 1. The Bertz CT molecular complexity index is 621. The number of carbonyl (C=O) groups excluding carboxylic acids is 1. The lowest BCUT2D eigenvalue weighted by atomic mass is 10.1. The van der Waals surface area contributed by atoms with Crippen LogP contribution in [0.3, 0.4) is 0 Å². The van der Waals surface area contributed by atoms with E-state index in [-0.39, 0.29) is 17.8 Å². The molecule has 1 atom stereocenters. The summed E-state index contributed by atoms with van der Waals surface area (Å²) in [5.74, 6) is 0.0792. The number of hydrogen-bond acceptors (Lipinski definition) is 3. The molecule has 1 aromatic carbocycles. The third kappa shape index (κ3) is 5.54. The molecule has 0 spiro atoms. The Morgan fingerprint density at radius 1 is 1.22 bits per heavy atom. The van der Waals surface area contributed by atoms with Gasteiger partial charge in [0.25, 0.3) is 0 Å². The molecule has 2 aromatic rings. The van der Waals surface area contributed by atoms with Gasteiger partial charge >= 0.3 is 12.6 Å². The van der Waals surface area contributed by atoms with Crippen molar-refractivity contribution in [1.29, 1.82) is 0 Å². The first-order chi connectivity index (χ1) is 11.0. The zero-order chi connectivity index (χ0) is 16.7. The lowest BCUT2D eigenvalue weighted by Gasteiger charge is -2.15. The first-order valence-corrected chi connectivity index (χ1v) is 7.03. The summed E-state index contributed by atoms with van der Waals surface area (Å²) in [6, 6.07) is 11.0. The lowest BCUT2D eigenvalue weighted by Crippen LogP contribution is -2.36. The normalized spacial score (nSPS) is 11.8. The number of halogens is 2. The number of rotatable bonds is 6. The van der Waals surface area contributed by atoms with E-state index in [1.807, 2.05) is 12.1 Å². The number of amides is 2. The summed E-state index contributed by atoms with van der Waals surface area (Å²) in [7, 11) is 0. The standard InChI is InChI=1S/C16H17F2N3O2/c1-11(12-5-7-14(8-6-12)23-15(17)18)21-16(22)20-10-13-4-2-3-9-19-13/h2-9,11,15H,10H2,1H3,(H2,20,21,22). The van der Waals surface area contributed by atoms with Crippen LogP contribution in [-0.2, 0) is 6.54 Å². The number of benzene rings is 1. The van der Waals surface area contributed by atoms with Gasteiger partial charge in [0.05, 0.1) is 18.3 Å². The van der Waals surface area contributed by atoms with E-state index in [4.69, 9.17) is 0 Å². The molecular weight excluding hydrogens is 304 g/mol. The van der Waals surface area contributed by atoms with Crippen molar-refractivity contribution < 1.29 is 18.3 Å². The highest BCUT2D eigenvalue weighted by atomic mass is 19.3. The summed E-state index contributed by atoms with van der Waals surface area (Å²) in [6.07, 6.45) is 1.65. The average Bonchev–Trinajstić information content (AvgIpc) is 2.54. The zero-order valence-corrected chi connectivity index (χ0v) is 12.5. The number of alkyl halides is 2. The average molecular weight is 321 g/mol. The Labute approximate surface area is 132 Å². The van der Waals surface area contributed by atoms with Gasteiger partial charge in [0.1, 0.15) is 5.75 Å². The van der Waals surface area contributed by atoms with Crippen LogP contribution in [0, 0.1) is 0 Å². The largest absolute Gasteiger partial charge is 0.435 e. The molecule has 1 unspecified atom stereocenters. The van der Waals surface area contributed by atoms with Crippen LogP contribution in [0.5, 0.6) is 5.75 Å². The van der Waals surface area contributed by atoms with Crippen LogP contribution >= 0.6 is 0 Å². The number of hydrogen-bond donors (Lipinski definition) is 2. The van der Waals surface area contributed by atoms with Crippen molar-refractivity contribution in [2.24, 2.45) is 0 Å². The van der Waals surface area contributed by atoms with E-state index in [0.29, 0.717) is 6.54 Å². The fourth-order valence-corrected chi connectivity index (χ4v) is 1.94. The molecule has 1 aromatic heterocycles. The molecule has 0 aliphatic rings. The summed E-state index contributed by atoms with van der Waals surface area (Å²) in [5, 5.41) is 5.46. The highest BCUT2D eigenvalue weighted by Crippen LogP contribution is 2.19. The van der Waals surface area contributed by atoms with Gasteiger partial charge in [0.2, 0.25) is 0 Å². The quantitative estimate of drug-likeness (QED) is 0.858. The number of aromatic nitrogens is 1. The maximum Gasteiger partial charge on any atom is 0.387 e. The predicted octanol–water partition coefficient (Wildman–Crippen LogP) is 3.24. The molecule has 2 rings (SSSR count). The van der Waals surface area contributed by atoms with Gasteiger partial charge in [-0.15, -0.1) is 0 Å². The molecule has 0 radical (unpaired) electrons. The molecule has 0 saturated heterocycles.